The van der Waals surface area contributed by atoms with Crippen LogP contribution in [-0.4, -0.2) is 34.9 Å². The van der Waals surface area contributed by atoms with Gasteiger partial charge in [-0.15, -0.1) is 0 Å². The fraction of sp³-hybridized carbons (Fsp3) is 0. The van der Waals surface area contributed by atoms with E-state index in [1.165, 1.54) is 0 Å². The van der Waals surface area contributed by atoms with E-state index in [-0.39, 0.29) is 47.3 Å². The van der Waals surface area contributed by atoms with Gasteiger partial charge in [-0.05, 0) is 0 Å². The van der Waals surface area contributed by atoms with E-state index >= 15 is 0 Å². The quantitative estimate of drug-likeness (QED) is 0.343. The molecule has 0 saturated heterocycles. The van der Waals surface area contributed by atoms with Gasteiger partial charge >= 0.3 is 23.9 Å². The Hall–Kier alpha value is 1.01. The molecule has 2 nitrogen and oxygen atoms in total. The second kappa shape index (κ2) is 35.7. The summed E-state index contributed by atoms with van der Waals surface area (Å²) in [6.07, 6.45) is 0. The van der Waals surface area contributed by atoms with Crippen molar-refractivity contribution in [1.29, 1.82) is 0 Å². The molecule has 0 rings (SSSR count). The van der Waals surface area contributed by atoms with E-state index < -0.39 is 0 Å². The maximum atomic E-state index is 0. The van der Waals surface area contributed by atoms with Gasteiger partial charge in [-0.2, -0.15) is 0 Å². The molecule has 0 unspecified atom stereocenters. The van der Waals surface area contributed by atoms with Crippen LogP contribution in [0.25, 0.3) is 0 Å². The Bertz CT molecular complexity index is 6.00. The van der Waals surface area contributed by atoms with Crippen LogP contribution in [0.3, 0.4) is 0 Å². The van der Waals surface area contributed by atoms with Crippen LogP contribution in [0.1, 0.15) is 0 Å². The molecular weight excluding hydrogens is 186 g/mol. The van der Waals surface area contributed by atoms with Gasteiger partial charge in [0.25, 0.3) is 0 Å². The summed E-state index contributed by atoms with van der Waals surface area (Å²) >= 11 is 0. The van der Waals surface area contributed by atoms with E-state index in [9.17, 15) is 0 Å². The van der Waals surface area contributed by atoms with Crippen molar-refractivity contribution in [2.75, 3.05) is 0 Å². The molecule has 0 aromatic carbocycles. The van der Waals surface area contributed by atoms with Gasteiger partial charge in [0.1, 0.15) is 0 Å². The van der Waals surface area contributed by atoms with Crippen molar-refractivity contribution in [2.45, 2.75) is 0 Å². The Morgan fingerprint density at radius 3 is 0.750 bits per heavy atom. The Balaban J connectivity index is 0. The van der Waals surface area contributed by atoms with Gasteiger partial charge in [0.05, 0.1) is 0 Å². The molecule has 0 aliphatic carbocycles. The number of hydrogen-bond acceptors (Lipinski definition) is 0. The van der Waals surface area contributed by atoms with Crippen molar-refractivity contribution in [3.63, 3.8) is 0 Å². The van der Waals surface area contributed by atoms with E-state index in [2.05, 4.69) is 0 Å². The molecular formula is H4ClO2Sn+. The minimum absolute atomic E-state index is 0. The van der Waals surface area contributed by atoms with Crippen molar-refractivity contribution in [2.24, 2.45) is 0 Å². The Kier molecular flexibility index (Phi) is 705. The summed E-state index contributed by atoms with van der Waals surface area (Å²) in [7, 11) is 0. The molecule has 0 aromatic heterocycles. The molecule has 0 aliphatic heterocycles. The molecule has 26 valence electrons. The molecule has 4 N–H and O–H groups in total. The van der Waals surface area contributed by atoms with Crippen LogP contribution in [0, 0.1) is 0 Å². The summed E-state index contributed by atoms with van der Waals surface area (Å²) in [4.78, 5) is 0. The summed E-state index contributed by atoms with van der Waals surface area (Å²) in [5.41, 5.74) is 0. The Labute approximate surface area is 47.6 Å². The maximum Gasteiger partial charge on any atom is 2.00 e. The van der Waals surface area contributed by atoms with Gasteiger partial charge in [-0.1, -0.05) is 0 Å². The van der Waals surface area contributed by atoms with E-state index in [0.717, 1.165) is 0 Å². The Morgan fingerprint density at radius 1 is 0.750 bits per heavy atom. The zero-order chi connectivity index (χ0) is 0. The molecule has 4 heavy (non-hydrogen) atoms. The predicted octanol–water partition coefficient (Wildman–Crippen LogP) is -5.03. The molecule has 4 heteroatoms. The molecule has 0 aromatic rings. The minimum atomic E-state index is 0. The summed E-state index contributed by atoms with van der Waals surface area (Å²) in [6, 6.07) is 0. The molecule has 0 bridgehead atoms. The summed E-state index contributed by atoms with van der Waals surface area (Å²) < 4.78 is 0. The molecule has 0 heterocycles. The van der Waals surface area contributed by atoms with Crippen LogP contribution in [0.15, 0.2) is 0 Å². The predicted molar refractivity (Wildman–Crippen MR) is 13.0 cm³/mol. The molecule has 0 spiro atoms. The zero-order valence-electron chi connectivity index (χ0n) is 1.88. The molecule has 0 fully saturated rings. The fourth-order valence-corrected chi connectivity index (χ4v) is 0. The second-order valence-electron chi connectivity index (χ2n) is 0. The standard InChI is InChI=1S/ClH.2H2O.Sn/h1H;2*1H2;/q;;;+2/p-1. The fourth-order valence-electron chi connectivity index (χ4n) is 0. The summed E-state index contributed by atoms with van der Waals surface area (Å²) in [5.74, 6) is 0. The maximum absolute atomic E-state index is 0. The van der Waals surface area contributed by atoms with Gasteiger partial charge in [0.2, 0.25) is 0 Å². The van der Waals surface area contributed by atoms with E-state index in [1.807, 2.05) is 0 Å². The van der Waals surface area contributed by atoms with E-state index in [1.54, 1.807) is 0 Å². The third kappa shape index (κ3) is 11.9. The van der Waals surface area contributed by atoms with Crippen LogP contribution in [0.5, 0.6) is 0 Å². The number of hydrogen-bond donors (Lipinski definition) is 0. The van der Waals surface area contributed by atoms with Crippen molar-refractivity contribution >= 4 is 23.9 Å². The number of halogens is 1. The SMILES string of the molecule is O.O.[Cl-].[Sn+2]. The largest absolute Gasteiger partial charge is 2.00 e. The Morgan fingerprint density at radius 2 is 0.750 bits per heavy atom. The van der Waals surface area contributed by atoms with Crippen LogP contribution in [-0.2, 0) is 0 Å². The molecule has 0 saturated carbocycles. The van der Waals surface area contributed by atoms with Gasteiger partial charge < -0.3 is 23.4 Å². The third-order valence-electron chi connectivity index (χ3n) is 0. The van der Waals surface area contributed by atoms with Gasteiger partial charge in [-0.3, -0.25) is 0 Å². The second-order valence-corrected chi connectivity index (χ2v) is 0. The minimum Gasteiger partial charge on any atom is -1.00 e. The zero-order valence-corrected chi connectivity index (χ0v) is 5.49. The average molecular weight is 190 g/mol. The normalized spacial score (nSPS) is 0. The topological polar surface area (TPSA) is 63.0 Å². The van der Waals surface area contributed by atoms with E-state index in [0.29, 0.717) is 0 Å². The smallest absolute Gasteiger partial charge is 1.00 e. The van der Waals surface area contributed by atoms with Gasteiger partial charge in [-0.25, -0.2) is 0 Å². The average Bonchev–Trinajstić information content (AvgIpc) is 0. The van der Waals surface area contributed by atoms with Crippen molar-refractivity contribution < 1.29 is 23.4 Å². The summed E-state index contributed by atoms with van der Waals surface area (Å²) in [6.45, 7) is 0. The van der Waals surface area contributed by atoms with Crippen molar-refractivity contribution in [1.82, 2.24) is 0 Å². The van der Waals surface area contributed by atoms with Crippen LogP contribution >= 0.6 is 0 Å². The molecule has 2 radical (unpaired) electrons. The van der Waals surface area contributed by atoms with Crippen LogP contribution in [0.2, 0.25) is 0 Å². The molecule has 0 amide bonds. The van der Waals surface area contributed by atoms with Gasteiger partial charge in [0.15, 0.2) is 0 Å². The van der Waals surface area contributed by atoms with E-state index in [4.69, 9.17) is 0 Å². The van der Waals surface area contributed by atoms with Crippen LogP contribution < -0.4 is 12.4 Å². The first-order valence-electron chi connectivity index (χ1n) is 0. The molecule has 0 atom stereocenters. The summed E-state index contributed by atoms with van der Waals surface area (Å²) in [5, 5.41) is 0. The first kappa shape index (κ1) is 79.1. The first-order valence-corrected chi connectivity index (χ1v) is 0. The van der Waals surface area contributed by atoms with Crippen molar-refractivity contribution in [3.8, 4) is 0 Å². The third-order valence-corrected chi connectivity index (χ3v) is 0. The van der Waals surface area contributed by atoms with Crippen molar-refractivity contribution in [3.05, 3.63) is 0 Å². The van der Waals surface area contributed by atoms with Gasteiger partial charge in [0, 0.05) is 0 Å². The first-order chi connectivity index (χ1) is 0. The monoisotopic (exact) mass is 191 g/mol. The van der Waals surface area contributed by atoms with Crippen LogP contribution in [0.4, 0.5) is 0 Å². The number of rotatable bonds is 0. The molecule has 0 aliphatic rings.